The van der Waals surface area contributed by atoms with Gasteiger partial charge in [-0.25, -0.2) is 0 Å². The first-order chi connectivity index (χ1) is 9.76. The van der Waals surface area contributed by atoms with Crippen LogP contribution in [0.4, 0.5) is 0 Å². The second-order valence-corrected chi connectivity index (χ2v) is 4.59. The van der Waals surface area contributed by atoms with E-state index in [2.05, 4.69) is 17.1 Å². The van der Waals surface area contributed by atoms with Crippen LogP contribution in [-0.4, -0.2) is 9.55 Å². The first-order valence-electron chi connectivity index (χ1n) is 5.89. The molecular formula is C15H8N4S. The summed E-state index contributed by atoms with van der Waals surface area (Å²) in [5, 5.41) is 18.4. The molecule has 1 aromatic heterocycles. The van der Waals surface area contributed by atoms with Crippen molar-refractivity contribution < 1.29 is 0 Å². The van der Waals surface area contributed by atoms with Crippen LogP contribution in [0.5, 0.6) is 0 Å². The van der Waals surface area contributed by atoms with Crippen molar-refractivity contribution >= 4 is 23.3 Å². The summed E-state index contributed by atoms with van der Waals surface area (Å²) in [6.45, 7) is 0. The van der Waals surface area contributed by atoms with Gasteiger partial charge in [-0.3, -0.25) is 4.57 Å². The molecule has 5 heteroatoms. The topological polar surface area (TPSA) is 68.3 Å². The Hall–Kier alpha value is -2.89. The highest BCUT2D eigenvalue weighted by Crippen LogP contribution is 2.23. The van der Waals surface area contributed by atoms with Crippen LogP contribution < -0.4 is 0 Å². The minimum absolute atomic E-state index is 0.463. The third-order valence-corrected chi connectivity index (χ3v) is 3.39. The summed E-state index contributed by atoms with van der Waals surface area (Å²) in [5.74, 6) is 0. The van der Waals surface area contributed by atoms with E-state index in [4.69, 9.17) is 17.5 Å². The van der Waals surface area contributed by atoms with Crippen LogP contribution in [0, 0.1) is 27.4 Å². The zero-order valence-electron chi connectivity index (χ0n) is 10.3. The molecular weight excluding hydrogens is 268 g/mol. The highest BCUT2D eigenvalue weighted by Gasteiger charge is 2.12. The standard InChI is InChI=1S/C15H8N4S/c16-8-10-4-1-2-6-12(10)19-13-7-3-5-11(9-17)14(13)18-15(19)20/h1-7H,(H,18,20). The van der Waals surface area contributed by atoms with Crippen molar-refractivity contribution in [2.45, 2.75) is 0 Å². The van der Waals surface area contributed by atoms with Crippen molar-refractivity contribution in [3.05, 3.63) is 58.4 Å². The molecule has 0 radical (unpaired) electrons. The molecule has 4 nitrogen and oxygen atoms in total. The monoisotopic (exact) mass is 276 g/mol. The number of hydrogen-bond donors (Lipinski definition) is 1. The molecule has 3 aromatic rings. The number of nitrogens with zero attached hydrogens (tertiary/aromatic N) is 3. The third-order valence-electron chi connectivity index (χ3n) is 3.10. The molecule has 2 aromatic carbocycles. The van der Waals surface area contributed by atoms with Gasteiger partial charge in [0.25, 0.3) is 0 Å². The van der Waals surface area contributed by atoms with Gasteiger partial charge in [0.2, 0.25) is 0 Å². The Morgan fingerprint density at radius 1 is 0.950 bits per heavy atom. The lowest BCUT2D eigenvalue weighted by molar-refractivity contribution is 1.06. The van der Waals surface area contributed by atoms with E-state index in [0.29, 0.717) is 27.1 Å². The molecule has 0 saturated heterocycles. The molecule has 0 unspecified atom stereocenters. The number of H-pyrrole nitrogens is 1. The number of aromatic nitrogens is 2. The Morgan fingerprint density at radius 2 is 1.65 bits per heavy atom. The number of imidazole rings is 1. The Labute approximate surface area is 120 Å². The van der Waals surface area contributed by atoms with E-state index in [0.717, 1.165) is 5.52 Å². The maximum absolute atomic E-state index is 9.22. The van der Waals surface area contributed by atoms with Gasteiger partial charge < -0.3 is 4.98 Å². The SMILES string of the molecule is N#Cc1ccccc1-n1c(=S)[nH]c2c(C#N)cccc21. The Kier molecular flexibility index (Phi) is 2.83. The lowest BCUT2D eigenvalue weighted by Crippen LogP contribution is -1.97. The van der Waals surface area contributed by atoms with Gasteiger partial charge in [0.1, 0.15) is 12.1 Å². The van der Waals surface area contributed by atoms with Crippen LogP contribution in [-0.2, 0) is 0 Å². The molecule has 1 N–H and O–H groups in total. The Morgan fingerprint density at radius 3 is 2.40 bits per heavy atom. The van der Waals surface area contributed by atoms with Gasteiger partial charge >= 0.3 is 0 Å². The maximum Gasteiger partial charge on any atom is 0.182 e. The van der Waals surface area contributed by atoms with Crippen molar-refractivity contribution in [1.29, 1.82) is 10.5 Å². The number of rotatable bonds is 1. The van der Waals surface area contributed by atoms with Gasteiger partial charge in [0, 0.05) is 0 Å². The second-order valence-electron chi connectivity index (χ2n) is 4.21. The highest BCUT2D eigenvalue weighted by atomic mass is 32.1. The fourth-order valence-electron chi connectivity index (χ4n) is 2.23. The summed E-state index contributed by atoms with van der Waals surface area (Å²) >= 11 is 5.34. The number of aromatic amines is 1. The van der Waals surface area contributed by atoms with Gasteiger partial charge in [0.15, 0.2) is 4.77 Å². The van der Waals surface area contributed by atoms with Crippen molar-refractivity contribution in [3.63, 3.8) is 0 Å². The highest BCUT2D eigenvalue weighted by molar-refractivity contribution is 7.71. The molecule has 1 heterocycles. The lowest BCUT2D eigenvalue weighted by Gasteiger charge is -2.06. The predicted molar refractivity (Wildman–Crippen MR) is 77.9 cm³/mol. The molecule has 0 amide bonds. The summed E-state index contributed by atoms with van der Waals surface area (Å²) in [5.41, 5.74) is 3.25. The Balaban J connectivity index is 2.45. The van der Waals surface area contributed by atoms with Crippen molar-refractivity contribution in [2.75, 3.05) is 0 Å². The molecule has 0 aliphatic heterocycles. The molecule has 0 saturated carbocycles. The van der Waals surface area contributed by atoms with Gasteiger partial charge in [-0.1, -0.05) is 18.2 Å². The van der Waals surface area contributed by atoms with E-state index in [1.807, 2.05) is 18.2 Å². The summed E-state index contributed by atoms with van der Waals surface area (Å²) in [6.07, 6.45) is 0. The third kappa shape index (κ3) is 1.70. The van der Waals surface area contributed by atoms with E-state index >= 15 is 0 Å². The predicted octanol–water partition coefficient (Wildman–Crippen LogP) is 3.43. The normalized spacial score (nSPS) is 10.1. The first-order valence-corrected chi connectivity index (χ1v) is 6.30. The average molecular weight is 276 g/mol. The first kappa shape index (κ1) is 12.2. The summed E-state index contributed by atoms with van der Waals surface area (Å²) < 4.78 is 2.25. The van der Waals surface area contributed by atoms with Crippen LogP contribution in [0.3, 0.4) is 0 Å². The molecule has 20 heavy (non-hydrogen) atoms. The van der Waals surface area contributed by atoms with E-state index in [9.17, 15) is 5.26 Å². The molecule has 0 atom stereocenters. The van der Waals surface area contributed by atoms with Crippen LogP contribution in [0.2, 0.25) is 0 Å². The van der Waals surface area contributed by atoms with E-state index in [1.165, 1.54) is 0 Å². The summed E-state index contributed by atoms with van der Waals surface area (Å²) in [4.78, 5) is 3.04. The largest absolute Gasteiger partial charge is 0.329 e. The van der Waals surface area contributed by atoms with Gasteiger partial charge in [-0.05, 0) is 36.5 Å². The molecule has 0 bridgehead atoms. The second kappa shape index (κ2) is 4.65. The quantitative estimate of drug-likeness (QED) is 0.692. The van der Waals surface area contributed by atoms with Crippen LogP contribution in [0.25, 0.3) is 16.7 Å². The molecule has 0 aliphatic carbocycles. The zero-order chi connectivity index (χ0) is 14.1. The van der Waals surface area contributed by atoms with Crippen LogP contribution in [0.15, 0.2) is 42.5 Å². The number of hydrogen-bond acceptors (Lipinski definition) is 3. The molecule has 0 spiro atoms. The molecule has 0 aliphatic rings. The molecule has 3 rings (SSSR count). The number of para-hydroxylation sites is 2. The van der Waals surface area contributed by atoms with Crippen LogP contribution >= 0.6 is 12.2 Å². The minimum Gasteiger partial charge on any atom is -0.329 e. The smallest absolute Gasteiger partial charge is 0.182 e. The zero-order valence-corrected chi connectivity index (χ0v) is 11.1. The molecule has 94 valence electrons. The van der Waals surface area contributed by atoms with Crippen molar-refractivity contribution in [3.8, 4) is 17.8 Å². The summed E-state index contributed by atoms with van der Waals surface area (Å²) in [7, 11) is 0. The fourth-order valence-corrected chi connectivity index (χ4v) is 2.52. The average Bonchev–Trinajstić information content (AvgIpc) is 2.82. The lowest BCUT2D eigenvalue weighted by atomic mass is 10.1. The number of nitrogens with one attached hydrogen (secondary N) is 1. The fraction of sp³-hybridized carbons (Fsp3) is 0. The number of fused-ring (bicyclic) bond motifs is 1. The maximum atomic E-state index is 9.22. The Bertz CT molecular complexity index is 950. The minimum atomic E-state index is 0.463. The van der Waals surface area contributed by atoms with Crippen molar-refractivity contribution in [1.82, 2.24) is 9.55 Å². The van der Waals surface area contributed by atoms with Gasteiger partial charge in [-0.15, -0.1) is 0 Å². The number of nitriles is 2. The van der Waals surface area contributed by atoms with Gasteiger partial charge in [0.05, 0.1) is 27.8 Å². The van der Waals surface area contributed by atoms with Crippen molar-refractivity contribution in [2.24, 2.45) is 0 Å². The van der Waals surface area contributed by atoms with Crippen LogP contribution in [0.1, 0.15) is 11.1 Å². The van der Waals surface area contributed by atoms with E-state index in [-0.39, 0.29) is 0 Å². The molecule has 0 fully saturated rings. The number of benzene rings is 2. The summed E-state index contributed by atoms with van der Waals surface area (Å²) in [6, 6.07) is 16.9. The van der Waals surface area contributed by atoms with E-state index < -0.39 is 0 Å². The van der Waals surface area contributed by atoms with Gasteiger partial charge in [-0.2, -0.15) is 10.5 Å². The van der Waals surface area contributed by atoms with E-state index in [1.54, 1.807) is 28.8 Å².